The summed E-state index contributed by atoms with van der Waals surface area (Å²) < 4.78 is 0. The van der Waals surface area contributed by atoms with Crippen molar-refractivity contribution in [3.63, 3.8) is 0 Å². The smallest absolute Gasteiger partial charge is 0.223 e. The van der Waals surface area contributed by atoms with Gasteiger partial charge in [0.2, 0.25) is 11.9 Å². The maximum Gasteiger partial charge on any atom is 0.223 e. The molecular formula is C21H28Cl4N10. The summed E-state index contributed by atoms with van der Waals surface area (Å²) in [5.41, 5.74) is 25.5. The molecule has 14 heteroatoms. The van der Waals surface area contributed by atoms with E-state index in [1.165, 1.54) is 0 Å². The van der Waals surface area contributed by atoms with E-state index < -0.39 is 0 Å². The highest BCUT2D eigenvalue weighted by atomic mass is 35.5. The van der Waals surface area contributed by atoms with Crippen LogP contribution in [0.2, 0.25) is 10.0 Å². The summed E-state index contributed by atoms with van der Waals surface area (Å²) >= 11 is 11.8. The topological polar surface area (TPSA) is 160 Å². The van der Waals surface area contributed by atoms with Crippen LogP contribution >= 0.6 is 48.0 Å². The van der Waals surface area contributed by atoms with Crippen LogP contribution in [0.4, 0.5) is 11.4 Å². The molecule has 1 fully saturated rings. The SMILES string of the molecule is CC1CN(/C(N)=N/C(N)=Nc2ccc(Cl)cc2)CCN1/C(N)=N/C(N)=Nc1ccc(Cl)cc1.Cl.Cl. The van der Waals surface area contributed by atoms with Gasteiger partial charge in [0, 0.05) is 35.7 Å². The molecule has 10 nitrogen and oxygen atoms in total. The lowest BCUT2D eigenvalue weighted by Gasteiger charge is -2.40. The number of rotatable bonds is 2. The lowest BCUT2D eigenvalue weighted by atomic mass is 10.2. The Morgan fingerprint density at radius 2 is 1.17 bits per heavy atom. The van der Waals surface area contributed by atoms with E-state index in [0.717, 1.165) is 0 Å². The lowest BCUT2D eigenvalue weighted by molar-refractivity contribution is 0.193. The lowest BCUT2D eigenvalue weighted by Crippen LogP contribution is -2.58. The third-order valence-electron chi connectivity index (χ3n) is 4.84. The van der Waals surface area contributed by atoms with Crippen LogP contribution in [-0.4, -0.2) is 59.3 Å². The summed E-state index contributed by atoms with van der Waals surface area (Å²) in [4.78, 5) is 20.7. The van der Waals surface area contributed by atoms with Crippen LogP contribution in [0.25, 0.3) is 0 Å². The molecule has 2 aromatic carbocycles. The third-order valence-corrected chi connectivity index (χ3v) is 5.35. The van der Waals surface area contributed by atoms with Crippen molar-refractivity contribution in [2.45, 2.75) is 13.0 Å². The second-order valence-electron chi connectivity index (χ2n) is 7.32. The number of nitrogens with zero attached hydrogens (tertiary/aromatic N) is 6. The minimum atomic E-state index is -0.00555. The Balaban J connectivity index is 0.00000306. The van der Waals surface area contributed by atoms with E-state index in [0.29, 0.717) is 41.1 Å². The predicted molar refractivity (Wildman–Crippen MR) is 151 cm³/mol. The zero-order valence-electron chi connectivity index (χ0n) is 18.9. The molecule has 0 aromatic heterocycles. The van der Waals surface area contributed by atoms with Gasteiger partial charge >= 0.3 is 0 Å². The molecule has 35 heavy (non-hydrogen) atoms. The van der Waals surface area contributed by atoms with Crippen molar-refractivity contribution in [1.29, 1.82) is 0 Å². The van der Waals surface area contributed by atoms with E-state index in [1.54, 1.807) is 48.5 Å². The molecule has 1 heterocycles. The number of hydrogen-bond donors (Lipinski definition) is 4. The quantitative estimate of drug-likeness (QED) is 0.325. The Kier molecular flexibility index (Phi) is 11.9. The molecule has 0 amide bonds. The van der Waals surface area contributed by atoms with Crippen molar-refractivity contribution in [3.05, 3.63) is 58.6 Å². The molecule has 1 unspecified atom stereocenters. The molecule has 1 aliphatic heterocycles. The van der Waals surface area contributed by atoms with Crippen LogP contribution in [0.5, 0.6) is 0 Å². The van der Waals surface area contributed by atoms with Gasteiger partial charge in [-0.05, 0) is 55.5 Å². The first-order valence-electron chi connectivity index (χ1n) is 10.1. The zero-order valence-corrected chi connectivity index (χ0v) is 22.0. The van der Waals surface area contributed by atoms with Crippen LogP contribution in [-0.2, 0) is 0 Å². The van der Waals surface area contributed by atoms with Crippen LogP contribution in [0, 0.1) is 0 Å². The minimum Gasteiger partial charge on any atom is -0.369 e. The van der Waals surface area contributed by atoms with Crippen LogP contribution < -0.4 is 22.9 Å². The van der Waals surface area contributed by atoms with Gasteiger partial charge in [0.25, 0.3) is 0 Å². The van der Waals surface area contributed by atoms with E-state index in [9.17, 15) is 0 Å². The summed E-state index contributed by atoms with van der Waals surface area (Å²) in [5, 5.41) is 1.23. The number of nitrogens with two attached hydrogens (primary N) is 4. The molecule has 3 rings (SSSR count). The highest BCUT2D eigenvalue weighted by molar-refractivity contribution is 6.30. The molecule has 0 aliphatic carbocycles. The second kappa shape index (κ2) is 13.8. The monoisotopic (exact) mass is 560 g/mol. The highest BCUT2D eigenvalue weighted by Crippen LogP contribution is 2.17. The summed E-state index contributed by atoms with van der Waals surface area (Å²) in [6, 6.07) is 13.9. The fourth-order valence-corrected chi connectivity index (χ4v) is 3.47. The van der Waals surface area contributed by atoms with E-state index in [1.807, 2.05) is 16.7 Å². The molecule has 2 aromatic rings. The molecular weight excluding hydrogens is 534 g/mol. The first kappa shape index (κ1) is 30.1. The predicted octanol–water partition coefficient (Wildman–Crippen LogP) is 3.07. The minimum absolute atomic E-state index is 0. The van der Waals surface area contributed by atoms with Crippen LogP contribution in [0.15, 0.2) is 68.5 Å². The second-order valence-corrected chi connectivity index (χ2v) is 8.19. The van der Waals surface area contributed by atoms with Crippen molar-refractivity contribution in [1.82, 2.24) is 9.80 Å². The zero-order chi connectivity index (χ0) is 24.0. The average molecular weight is 562 g/mol. The maximum atomic E-state index is 6.18. The number of benzene rings is 2. The van der Waals surface area contributed by atoms with Crippen molar-refractivity contribution < 1.29 is 0 Å². The molecule has 1 aliphatic rings. The van der Waals surface area contributed by atoms with Gasteiger partial charge in [0.05, 0.1) is 11.4 Å². The third kappa shape index (κ3) is 8.99. The largest absolute Gasteiger partial charge is 0.369 e. The summed E-state index contributed by atoms with van der Waals surface area (Å²) in [5.74, 6) is 0.654. The summed E-state index contributed by atoms with van der Waals surface area (Å²) in [6.07, 6.45) is 0. The highest BCUT2D eigenvalue weighted by Gasteiger charge is 2.26. The molecule has 0 saturated carbocycles. The number of guanidine groups is 4. The van der Waals surface area contributed by atoms with Gasteiger partial charge in [0.15, 0.2) is 11.9 Å². The van der Waals surface area contributed by atoms with Gasteiger partial charge in [-0.15, -0.1) is 24.8 Å². The first-order valence-corrected chi connectivity index (χ1v) is 10.9. The Morgan fingerprint density at radius 3 is 1.60 bits per heavy atom. The van der Waals surface area contributed by atoms with Gasteiger partial charge in [-0.25, -0.2) is 9.98 Å². The van der Waals surface area contributed by atoms with Crippen molar-refractivity contribution >= 4 is 83.2 Å². The van der Waals surface area contributed by atoms with Crippen LogP contribution in [0.1, 0.15) is 6.92 Å². The fraction of sp³-hybridized carbons (Fsp3) is 0.238. The Labute approximate surface area is 226 Å². The Bertz CT molecular complexity index is 1080. The van der Waals surface area contributed by atoms with E-state index >= 15 is 0 Å². The molecule has 0 bridgehead atoms. The van der Waals surface area contributed by atoms with E-state index in [-0.39, 0.29) is 54.7 Å². The van der Waals surface area contributed by atoms with Gasteiger partial charge in [0.1, 0.15) is 0 Å². The average Bonchev–Trinajstić information content (AvgIpc) is 2.76. The van der Waals surface area contributed by atoms with Crippen molar-refractivity contribution in [2.75, 3.05) is 19.6 Å². The standard InChI is InChI=1S/C21H26Cl2N10.2ClH/c1-13-12-32(20(26)30-18(24)28-16-6-2-14(22)3-7-16)10-11-33(13)21(27)31-19(25)29-17-8-4-15(23)5-9-17;;/h2-9,13H,10-12H2,1H3,(H4,24,26,28,30)(H4,25,27,29,31);2*1H. The molecule has 1 saturated heterocycles. The number of piperazine rings is 1. The molecule has 1 atom stereocenters. The van der Waals surface area contributed by atoms with Crippen molar-refractivity contribution in [2.24, 2.45) is 42.9 Å². The molecule has 0 spiro atoms. The van der Waals surface area contributed by atoms with Crippen molar-refractivity contribution in [3.8, 4) is 0 Å². The fourth-order valence-electron chi connectivity index (χ4n) is 3.22. The van der Waals surface area contributed by atoms with Gasteiger partial charge in [-0.1, -0.05) is 23.2 Å². The number of halogens is 4. The number of aliphatic imine (C=N–C) groups is 4. The maximum absolute atomic E-state index is 6.18. The molecule has 0 radical (unpaired) electrons. The Morgan fingerprint density at radius 1 is 0.743 bits per heavy atom. The normalized spacial score (nSPS) is 17.5. The first-order chi connectivity index (χ1) is 15.7. The Hall–Kier alpha value is -2.92. The van der Waals surface area contributed by atoms with Gasteiger partial charge in [-0.2, -0.15) is 9.98 Å². The summed E-state index contributed by atoms with van der Waals surface area (Å²) in [6.45, 7) is 3.70. The van der Waals surface area contributed by atoms with Gasteiger partial charge in [-0.3, -0.25) is 0 Å². The molecule has 190 valence electrons. The van der Waals surface area contributed by atoms with E-state index in [4.69, 9.17) is 46.1 Å². The number of hydrogen-bond acceptors (Lipinski definition) is 2. The summed E-state index contributed by atoms with van der Waals surface area (Å²) in [7, 11) is 0. The van der Waals surface area contributed by atoms with Gasteiger partial charge < -0.3 is 32.7 Å². The van der Waals surface area contributed by atoms with Crippen LogP contribution in [0.3, 0.4) is 0 Å². The molecule has 8 N–H and O–H groups in total. The van der Waals surface area contributed by atoms with E-state index in [2.05, 4.69) is 20.0 Å².